The Bertz CT molecular complexity index is 162. The van der Waals surface area contributed by atoms with Crippen LogP contribution in [0, 0.1) is 5.92 Å². The molecule has 0 aromatic carbocycles. The van der Waals surface area contributed by atoms with E-state index < -0.39 is 0 Å². The van der Waals surface area contributed by atoms with Crippen LogP contribution in [0.1, 0.15) is 58.8 Å². The number of hydrogen-bond donors (Lipinski definition) is 1. The first kappa shape index (κ1) is 14.0. The molecule has 0 radical (unpaired) electrons. The topological polar surface area (TPSA) is 29.3 Å². The molecule has 1 rings (SSSR count). The molecule has 2 nitrogen and oxygen atoms in total. The van der Waals surface area contributed by atoms with E-state index in [0.29, 0.717) is 6.04 Å². The molecule has 2 atom stereocenters. The zero-order chi connectivity index (χ0) is 11.8. The molecule has 1 saturated carbocycles. The van der Waals surface area contributed by atoms with Gasteiger partial charge in [0.2, 0.25) is 0 Å². The third-order valence-electron chi connectivity index (χ3n) is 3.87. The van der Waals surface area contributed by atoms with E-state index in [1.54, 1.807) is 0 Å². The van der Waals surface area contributed by atoms with Gasteiger partial charge in [-0.2, -0.15) is 0 Å². The molecule has 0 aliphatic heterocycles. The standard InChI is InChI=1S/C14H30N2/c1-3-5-10-16(11-6-4-2)12-13-8-7-9-14(13)15/h13-14H,3-12,15H2,1-2H3. The molecule has 0 aromatic heterocycles. The Morgan fingerprint density at radius 3 is 2.12 bits per heavy atom. The van der Waals surface area contributed by atoms with Crippen molar-refractivity contribution >= 4 is 0 Å². The number of rotatable bonds is 8. The summed E-state index contributed by atoms with van der Waals surface area (Å²) in [4.78, 5) is 2.66. The fourth-order valence-corrected chi connectivity index (χ4v) is 2.68. The molecule has 16 heavy (non-hydrogen) atoms. The van der Waals surface area contributed by atoms with E-state index in [9.17, 15) is 0 Å². The predicted molar refractivity (Wildman–Crippen MR) is 71.6 cm³/mol. The molecule has 0 bridgehead atoms. The Labute approximate surface area is 102 Å². The Hall–Kier alpha value is -0.0800. The van der Waals surface area contributed by atoms with Crippen molar-refractivity contribution in [3.63, 3.8) is 0 Å². The van der Waals surface area contributed by atoms with Crippen LogP contribution >= 0.6 is 0 Å². The van der Waals surface area contributed by atoms with Crippen molar-refractivity contribution in [3.8, 4) is 0 Å². The fraction of sp³-hybridized carbons (Fsp3) is 1.00. The first-order valence-corrected chi connectivity index (χ1v) is 7.25. The van der Waals surface area contributed by atoms with Crippen LogP contribution in [0.2, 0.25) is 0 Å². The van der Waals surface area contributed by atoms with Gasteiger partial charge < -0.3 is 10.6 Å². The van der Waals surface area contributed by atoms with Gasteiger partial charge in [0.1, 0.15) is 0 Å². The first-order chi connectivity index (χ1) is 7.77. The van der Waals surface area contributed by atoms with Gasteiger partial charge in [-0.25, -0.2) is 0 Å². The van der Waals surface area contributed by atoms with Gasteiger partial charge in [-0.3, -0.25) is 0 Å². The van der Waals surface area contributed by atoms with Crippen molar-refractivity contribution in [1.29, 1.82) is 0 Å². The van der Waals surface area contributed by atoms with Crippen molar-refractivity contribution in [2.45, 2.75) is 64.8 Å². The van der Waals surface area contributed by atoms with Crippen molar-refractivity contribution in [2.75, 3.05) is 19.6 Å². The van der Waals surface area contributed by atoms with E-state index in [4.69, 9.17) is 5.73 Å². The smallest absolute Gasteiger partial charge is 0.00793 e. The van der Waals surface area contributed by atoms with Gasteiger partial charge in [0.15, 0.2) is 0 Å². The summed E-state index contributed by atoms with van der Waals surface area (Å²) in [6.45, 7) is 8.36. The first-order valence-electron chi connectivity index (χ1n) is 7.25. The molecular formula is C14H30N2. The molecule has 1 aliphatic carbocycles. The van der Waals surface area contributed by atoms with Crippen LogP contribution in [0.25, 0.3) is 0 Å². The minimum atomic E-state index is 0.478. The Balaban J connectivity index is 2.29. The van der Waals surface area contributed by atoms with Crippen LogP contribution in [0.5, 0.6) is 0 Å². The molecule has 0 heterocycles. The van der Waals surface area contributed by atoms with Crippen LogP contribution in [-0.2, 0) is 0 Å². The zero-order valence-electron chi connectivity index (χ0n) is 11.3. The van der Waals surface area contributed by atoms with Crippen molar-refractivity contribution < 1.29 is 0 Å². The second kappa shape index (κ2) is 8.08. The van der Waals surface area contributed by atoms with Crippen molar-refractivity contribution in [2.24, 2.45) is 11.7 Å². The average molecular weight is 226 g/mol. The second-order valence-electron chi connectivity index (χ2n) is 5.36. The molecule has 0 amide bonds. The average Bonchev–Trinajstić information content (AvgIpc) is 2.68. The van der Waals surface area contributed by atoms with Crippen molar-refractivity contribution in [3.05, 3.63) is 0 Å². The van der Waals surface area contributed by atoms with E-state index in [1.165, 1.54) is 64.6 Å². The SMILES string of the molecule is CCCCN(CCCC)CC1CCCC1N. The molecule has 0 spiro atoms. The molecule has 0 aromatic rings. The highest BCUT2D eigenvalue weighted by Gasteiger charge is 2.25. The normalized spacial score (nSPS) is 25.5. The molecular weight excluding hydrogens is 196 g/mol. The summed E-state index contributed by atoms with van der Waals surface area (Å²) in [6, 6.07) is 0.478. The van der Waals surface area contributed by atoms with Gasteiger partial charge in [-0.15, -0.1) is 0 Å². The highest BCUT2D eigenvalue weighted by atomic mass is 15.1. The van der Waals surface area contributed by atoms with Crippen molar-refractivity contribution in [1.82, 2.24) is 4.90 Å². The van der Waals surface area contributed by atoms with E-state index >= 15 is 0 Å². The van der Waals surface area contributed by atoms with Gasteiger partial charge in [-0.05, 0) is 44.7 Å². The zero-order valence-corrected chi connectivity index (χ0v) is 11.3. The maximum absolute atomic E-state index is 6.16. The quantitative estimate of drug-likeness (QED) is 0.689. The minimum Gasteiger partial charge on any atom is -0.327 e. The lowest BCUT2D eigenvalue weighted by atomic mass is 10.0. The lowest BCUT2D eigenvalue weighted by Crippen LogP contribution is -2.37. The monoisotopic (exact) mass is 226 g/mol. The third-order valence-corrected chi connectivity index (χ3v) is 3.87. The van der Waals surface area contributed by atoms with E-state index in [1.807, 2.05) is 0 Å². The van der Waals surface area contributed by atoms with E-state index in [0.717, 1.165) is 5.92 Å². The predicted octanol–water partition coefficient (Wildman–Crippen LogP) is 3.02. The second-order valence-corrected chi connectivity index (χ2v) is 5.36. The van der Waals surface area contributed by atoms with Gasteiger partial charge in [-0.1, -0.05) is 33.1 Å². The van der Waals surface area contributed by atoms with Crippen LogP contribution < -0.4 is 5.73 Å². The Kier molecular flexibility index (Phi) is 7.06. The van der Waals surface area contributed by atoms with Gasteiger partial charge >= 0.3 is 0 Å². The van der Waals surface area contributed by atoms with Crippen LogP contribution in [0.15, 0.2) is 0 Å². The minimum absolute atomic E-state index is 0.478. The lowest BCUT2D eigenvalue weighted by Gasteiger charge is -2.27. The number of nitrogens with zero attached hydrogens (tertiary/aromatic N) is 1. The summed E-state index contributed by atoms with van der Waals surface area (Å²) >= 11 is 0. The third kappa shape index (κ3) is 4.84. The maximum Gasteiger partial charge on any atom is 0.00793 e. The van der Waals surface area contributed by atoms with Crippen LogP contribution in [-0.4, -0.2) is 30.6 Å². The summed E-state index contributed by atoms with van der Waals surface area (Å²) < 4.78 is 0. The van der Waals surface area contributed by atoms with E-state index in [2.05, 4.69) is 18.7 Å². The van der Waals surface area contributed by atoms with Gasteiger partial charge in [0.05, 0.1) is 0 Å². The lowest BCUT2D eigenvalue weighted by molar-refractivity contribution is 0.217. The largest absolute Gasteiger partial charge is 0.327 e. The molecule has 1 fully saturated rings. The highest BCUT2D eigenvalue weighted by molar-refractivity contribution is 4.82. The molecule has 2 heteroatoms. The molecule has 0 saturated heterocycles. The fourth-order valence-electron chi connectivity index (χ4n) is 2.68. The van der Waals surface area contributed by atoms with Gasteiger partial charge in [0, 0.05) is 12.6 Å². The van der Waals surface area contributed by atoms with Gasteiger partial charge in [0.25, 0.3) is 0 Å². The Morgan fingerprint density at radius 1 is 1.06 bits per heavy atom. The Morgan fingerprint density at radius 2 is 1.69 bits per heavy atom. The molecule has 1 aliphatic rings. The molecule has 96 valence electrons. The van der Waals surface area contributed by atoms with Crippen LogP contribution in [0.4, 0.5) is 0 Å². The maximum atomic E-state index is 6.16. The van der Waals surface area contributed by atoms with E-state index in [-0.39, 0.29) is 0 Å². The summed E-state index contributed by atoms with van der Waals surface area (Å²) in [5.41, 5.74) is 6.16. The number of unbranched alkanes of at least 4 members (excludes halogenated alkanes) is 2. The highest BCUT2D eigenvalue weighted by Crippen LogP contribution is 2.25. The van der Waals surface area contributed by atoms with Crippen LogP contribution in [0.3, 0.4) is 0 Å². The molecule has 2 N–H and O–H groups in total. The summed E-state index contributed by atoms with van der Waals surface area (Å²) in [7, 11) is 0. The summed E-state index contributed by atoms with van der Waals surface area (Å²) in [5.74, 6) is 0.772. The number of hydrogen-bond acceptors (Lipinski definition) is 2. The summed E-state index contributed by atoms with van der Waals surface area (Å²) in [5, 5.41) is 0. The summed E-state index contributed by atoms with van der Waals surface area (Å²) in [6.07, 6.45) is 9.24. The molecule has 2 unspecified atom stereocenters. The number of nitrogens with two attached hydrogens (primary N) is 1.